The highest BCUT2D eigenvalue weighted by molar-refractivity contribution is 7.87. The van der Waals surface area contributed by atoms with Crippen LogP contribution < -0.4 is 0 Å². The lowest BCUT2D eigenvalue weighted by Crippen LogP contribution is -2.58. The number of halogens is 2. The molecule has 0 spiro atoms. The number of rotatable bonds is 7. The van der Waals surface area contributed by atoms with Gasteiger partial charge in [-0.05, 0) is 38.1 Å². The lowest BCUT2D eigenvalue weighted by atomic mass is 10.0. The molecule has 1 N–H and O–H groups in total. The van der Waals surface area contributed by atoms with Gasteiger partial charge in [0.05, 0.1) is 27.2 Å². The van der Waals surface area contributed by atoms with Crippen molar-refractivity contribution in [3.63, 3.8) is 0 Å². The zero-order valence-electron chi connectivity index (χ0n) is 17.1. The van der Waals surface area contributed by atoms with Gasteiger partial charge in [-0.3, -0.25) is 8.37 Å². The largest absolute Gasteiger partial charge is 0.366 e. The number of alkyl halides is 2. The van der Waals surface area contributed by atoms with Crippen LogP contribution in [0.5, 0.6) is 0 Å². The zero-order valence-corrected chi connectivity index (χ0v) is 20.2. The SMILES string of the molecule is Cc1ccc(S(=O)(=O)OC2C(O)OC(CCl)C(Cl)C2OS(=O)(=O)c2ccc(C)cc2)cc1. The molecule has 12 heteroatoms. The van der Waals surface area contributed by atoms with Crippen molar-refractivity contribution in [2.75, 3.05) is 5.88 Å². The lowest BCUT2D eigenvalue weighted by Gasteiger charge is -2.40. The van der Waals surface area contributed by atoms with Gasteiger partial charge in [0.15, 0.2) is 12.4 Å². The molecule has 1 aliphatic rings. The van der Waals surface area contributed by atoms with Crippen LogP contribution in [0, 0.1) is 13.8 Å². The average Bonchev–Trinajstić information content (AvgIpc) is 2.73. The molecule has 5 atom stereocenters. The average molecular weight is 525 g/mol. The fourth-order valence-electron chi connectivity index (χ4n) is 3.03. The Balaban J connectivity index is 1.94. The Morgan fingerprint density at radius 3 is 1.66 bits per heavy atom. The van der Waals surface area contributed by atoms with Crippen LogP contribution in [-0.2, 0) is 33.3 Å². The summed E-state index contributed by atoms with van der Waals surface area (Å²) in [6.07, 6.45) is -6.28. The number of hydrogen-bond donors (Lipinski definition) is 1. The molecule has 0 aliphatic carbocycles. The van der Waals surface area contributed by atoms with Crippen LogP contribution in [-0.4, -0.2) is 57.8 Å². The fraction of sp³-hybridized carbons (Fsp3) is 0.400. The molecule has 5 unspecified atom stereocenters. The summed E-state index contributed by atoms with van der Waals surface area (Å²) in [6, 6.07) is 11.6. The molecule has 1 saturated heterocycles. The van der Waals surface area contributed by atoms with Crippen molar-refractivity contribution in [3.05, 3.63) is 59.7 Å². The van der Waals surface area contributed by atoms with Gasteiger partial charge in [-0.2, -0.15) is 16.8 Å². The van der Waals surface area contributed by atoms with Crippen LogP contribution in [0.2, 0.25) is 0 Å². The van der Waals surface area contributed by atoms with E-state index in [1.165, 1.54) is 24.3 Å². The second-order valence-electron chi connectivity index (χ2n) is 7.32. The van der Waals surface area contributed by atoms with Crippen LogP contribution in [0.25, 0.3) is 0 Å². The van der Waals surface area contributed by atoms with Gasteiger partial charge in [0.25, 0.3) is 20.2 Å². The van der Waals surface area contributed by atoms with E-state index >= 15 is 0 Å². The summed E-state index contributed by atoms with van der Waals surface area (Å²) >= 11 is 12.2. The molecule has 1 aliphatic heterocycles. The maximum Gasteiger partial charge on any atom is 0.297 e. The van der Waals surface area contributed by atoms with E-state index in [-0.39, 0.29) is 15.7 Å². The Hall–Kier alpha value is -1.24. The Kier molecular flexibility index (Phi) is 7.89. The third kappa shape index (κ3) is 5.63. The number of aryl methyl sites for hydroxylation is 2. The minimum absolute atomic E-state index is 0.171. The molecule has 0 bridgehead atoms. The normalized spacial score (nSPS) is 26.7. The van der Waals surface area contributed by atoms with Gasteiger partial charge >= 0.3 is 0 Å². The van der Waals surface area contributed by atoms with E-state index in [4.69, 9.17) is 36.3 Å². The Labute approximate surface area is 197 Å². The van der Waals surface area contributed by atoms with Crippen molar-refractivity contribution in [1.82, 2.24) is 0 Å². The van der Waals surface area contributed by atoms with Gasteiger partial charge in [0, 0.05) is 0 Å². The van der Waals surface area contributed by atoms with Crippen LogP contribution in [0.3, 0.4) is 0 Å². The summed E-state index contributed by atoms with van der Waals surface area (Å²) in [4.78, 5) is -0.364. The number of ether oxygens (including phenoxy) is 1. The quantitative estimate of drug-likeness (QED) is 0.434. The van der Waals surface area contributed by atoms with Gasteiger partial charge in [-0.25, -0.2) is 0 Å². The van der Waals surface area contributed by atoms with E-state index in [1.807, 2.05) is 0 Å². The van der Waals surface area contributed by atoms with Crippen LogP contribution in [0.15, 0.2) is 58.3 Å². The number of aliphatic hydroxyl groups excluding tert-OH is 1. The third-order valence-corrected chi connectivity index (χ3v) is 8.32. The van der Waals surface area contributed by atoms with Crippen LogP contribution >= 0.6 is 23.2 Å². The molecule has 2 aromatic carbocycles. The van der Waals surface area contributed by atoms with Crippen molar-refractivity contribution in [1.29, 1.82) is 0 Å². The highest BCUT2D eigenvalue weighted by Gasteiger charge is 2.50. The molecule has 0 aromatic heterocycles. The molecule has 0 radical (unpaired) electrons. The molecule has 32 heavy (non-hydrogen) atoms. The van der Waals surface area contributed by atoms with E-state index in [2.05, 4.69) is 0 Å². The summed E-state index contributed by atoms with van der Waals surface area (Å²) in [6.45, 7) is 3.56. The van der Waals surface area contributed by atoms with E-state index in [0.717, 1.165) is 11.1 Å². The van der Waals surface area contributed by atoms with Crippen molar-refractivity contribution >= 4 is 43.4 Å². The lowest BCUT2D eigenvalue weighted by molar-refractivity contribution is -0.226. The summed E-state index contributed by atoms with van der Waals surface area (Å²) in [5, 5.41) is 9.17. The summed E-state index contributed by atoms with van der Waals surface area (Å²) < 4.78 is 66.9. The van der Waals surface area contributed by atoms with Gasteiger partial charge in [-0.15, -0.1) is 23.2 Å². The highest BCUT2D eigenvalue weighted by atomic mass is 35.5. The van der Waals surface area contributed by atoms with Gasteiger partial charge < -0.3 is 9.84 Å². The Morgan fingerprint density at radius 2 is 1.25 bits per heavy atom. The van der Waals surface area contributed by atoms with Crippen LogP contribution in [0.1, 0.15) is 11.1 Å². The zero-order chi connectivity index (χ0) is 23.7. The maximum absolute atomic E-state index is 12.8. The summed E-state index contributed by atoms with van der Waals surface area (Å²) in [5.41, 5.74) is 1.65. The van der Waals surface area contributed by atoms with Crippen molar-refractivity contribution < 1.29 is 35.0 Å². The van der Waals surface area contributed by atoms with Gasteiger partial charge in [0.1, 0.15) is 6.10 Å². The van der Waals surface area contributed by atoms with Crippen molar-refractivity contribution in [2.45, 2.75) is 53.6 Å². The first kappa shape index (κ1) is 25.4. The minimum Gasteiger partial charge on any atom is -0.366 e. The maximum atomic E-state index is 12.8. The molecule has 0 amide bonds. The number of benzene rings is 2. The second-order valence-corrected chi connectivity index (χ2v) is 11.3. The highest BCUT2D eigenvalue weighted by Crippen LogP contribution is 2.33. The Morgan fingerprint density at radius 1 is 0.844 bits per heavy atom. The monoisotopic (exact) mass is 524 g/mol. The molecule has 1 fully saturated rings. The molecular formula is C20H22Cl2O8S2. The predicted octanol–water partition coefficient (Wildman–Crippen LogP) is 2.71. The van der Waals surface area contributed by atoms with E-state index < -0.39 is 50.2 Å². The molecule has 176 valence electrons. The standard InChI is InChI=1S/C20H22Cl2O8S2/c1-12-3-7-14(8-4-12)31(24,25)29-18-17(22)16(11-21)28-20(23)19(18)30-32(26,27)15-9-5-13(2)6-10-15/h3-10,16-20,23H,11H2,1-2H3. The first-order valence-electron chi connectivity index (χ1n) is 9.48. The fourth-order valence-corrected chi connectivity index (χ4v) is 5.97. The molecule has 1 heterocycles. The van der Waals surface area contributed by atoms with Gasteiger partial charge in [0.2, 0.25) is 0 Å². The molecule has 0 saturated carbocycles. The van der Waals surface area contributed by atoms with Gasteiger partial charge in [-0.1, -0.05) is 35.4 Å². The first-order chi connectivity index (χ1) is 14.9. The van der Waals surface area contributed by atoms with Crippen molar-refractivity contribution in [2.24, 2.45) is 0 Å². The van der Waals surface area contributed by atoms with Crippen molar-refractivity contribution in [3.8, 4) is 0 Å². The topological polar surface area (TPSA) is 116 Å². The van der Waals surface area contributed by atoms with E-state index in [1.54, 1.807) is 38.1 Å². The molecule has 2 aromatic rings. The molecule has 3 rings (SSSR count). The van der Waals surface area contributed by atoms with Crippen LogP contribution in [0.4, 0.5) is 0 Å². The first-order valence-corrected chi connectivity index (χ1v) is 13.3. The Bertz CT molecular complexity index is 1140. The minimum atomic E-state index is -4.42. The smallest absolute Gasteiger partial charge is 0.297 e. The third-order valence-electron chi connectivity index (χ3n) is 4.84. The van der Waals surface area contributed by atoms with E-state index in [9.17, 15) is 21.9 Å². The summed E-state index contributed by atoms with van der Waals surface area (Å²) in [5.74, 6) is -0.201. The second kappa shape index (κ2) is 9.94. The predicted molar refractivity (Wildman–Crippen MR) is 118 cm³/mol. The van der Waals surface area contributed by atoms with E-state index in [0.29, 0.717) is 0 Å². The number of hydrogen-bond acceptors (Lipinski definition) is 8. The molecular weight excluding hydrogens is 503 g/mol. The molecule has 8 nitrogen and oxygen atoms in total. The number of aliphatic hydroxyl groups is 1. The summed E-state index contributed by atoms with van der Waals surface area (Å²) in [7, 11) is -8.81.